The third-order valence-corrected chi connectivity index (χ3v) is 5.01. The molecular formula is C17H24N2O3. The lowest BCUT2D eigenvalue weighted by molar-refractivity contribution is 0.0373. The van der Waals surface area contributed by atoms with Crippen LogP contribution in [0.3, 0.4) is 0 Å². The van der Waals surface area contributed by atoms with E-state index >= 15 is 0 Å². The predicted molar refractivity (Wildman–Crippen MR) is 84.0 cm³/mol. The first-order valence-electron chi connectivity index (χ1n) is 8.12. The van der Waals surface area contributed by atoms with Gasteiger partial charge in [0.15, 0.2) is 0 Å². The van der Waals surface area contributed by atoms with Crippen molar-refractivity contribution in [3.8, 4) is 0 Å². The van der Waals surface area contributed by atoms with Crippen LogP contribution in [0.4, 0.5) is 4.79 Å². The number of hydrogen-bond acceptors (Lipinski definition) is 3. The molecule has 2 fully saturated rings. The molecule has 2 aliphatic rings. The van der Waals surface area contributed by atoms with Gasteiger partial charge in [-0.1, -0.05) is 30.3 Å². The highest BCUT2D eigenvalue weighted by atomic mass is 16.4. The van der Waals surface area contributed by atoms with Crippen molar-refractivity contribution in [3.05, 3.63) is 35.9 Å². The lowest BCUT2D eigenvalue weighted by Gasteiger charge is -2.38. The van der Waals surface area contributed by atoms with Crippen LogP contribution in [-0.2, 0) is 0 Å². The average Bonchev–Trinajstić information content (AvgIpc) is 2.91. The summed E-state index contributed by atoms with van der Waals surface area (Å²) in [5.74, 6) is 0.236. The van der Waals surface area contributed by atoms with Crippen LogP contribution in [0.15, 0.2) is 30.3 Å². The van der Waals surface area contributed by atoms with Gasteiger partial charge >= 0.3 is 6.09 Å². The fourth-order valence-corrected chi connectivity index (χ4v) is 3.93. The Bertz CT molecular complexity index is 502. The van der Waals surface area contributed by atoms with Gasteiger partial charge in [-0.05, 0) is 43.7 Å². The Morgan fingerprint density at radius 2 is 2.00 bits per heavy atom. The molecule has 5 heteroatoms. The Morgan fingerprint density at radius 3 is 2.64 bits per heavy atom. The number of aliphatic hydroxyl groups is 1. The SMILES string of the molecule is O=C(O)N([C@@H]1CCCNC1)[C@@H]1C[C@@H](c2ccccc2)C[C@H]1O. The highest BCUT2D eigenvalue weighted by molar-refractivity contribution is 5.66. The topological polar surface area (TPSA) is 72.8 Å². The van der Waals surface area contributed by atoms with Gasteiger partial charge in [0.1, 0.15) is 0 Å². The molecule has 1 aromatic carbocycles. The van der Waals surface area contributed by atoms with Crippen molar-refractivity contribution in [1.82, 2.24) is 10.2 Å². The third-order valence-electron chi connectivity index (χ3n) is 5.01. The van der Waals surface area contributed by atoms with E-state index in [0.29, 0.717) is 19.4 Å². The number of carbonyl (C=O) groups is 1. The number of rotatable bonds is 3. The Labute approximate surface area is 130 Å². The Hall–Kier alpha value is -1.59. The maximum Gasteiger partial charge on any atom is 0.407 e. The van der Waals surface area contributed by atoms with Crippen molar-refractivity contribution < 1.29 is 15.0 Å². The summed E-state index contributed by atoms with van der Waals surface area (Å²) < 4.78 is 0. The zero-order valence-corrected chi connectivity index (χ0v) is 12.7. The third kappa shape index (κ3) is 3.10. The summed E-state index contributed by atoms with van der Waals surface area (Å²) in [6.45, 7) is 1.63. The molecule has 3 N–H and O–H groups in total. The van der Waals surface area contributed by atoms with Crippen molar-refractivity contribution in [3.63, 3.8) is 0 Å². The van der Waals surface area contributed by atoms with Gasteiger partial charge in [-0.15, -0.1) is 0 Å². The lowest BCUT2D eigenvalue weighted by Crippen LogP contribution is -2.54. The summed E-state index contributed by atoms with van der Waals surface area (Å²) in [6, 6.07) is 9.77. The number of benzene rings is 1. The van der Waals surface area contributed by atoms with Crippen LogP contribution < -0.4 is 5.32 Å². The number of nitrogens with one attached hydrogen (secondary N) is 1. The van der Waals surface area contributed by atoms with Crippen LogP contribution in [0.25, 0.3) is 0 Å². The molecule has 5 nitrogen and oxygen atoms in total. The van der Waals surface area contributed by atoms with Gasteiger partial charge in [-0.25, -0.2) is 4.79 Å². The molecule has 0 spiro atoms. The van der Waals surface area contributed by atoms with Crippen LogP contribution in [0.2, 0.25) is 0 Å². The second-order valence-corrected chi connectivity index (χ2v) is 6.40. The molecular weight excluding hydrogens is 280 g/mol. The van der Waals surface area contributed by atoms with E-state index in [1.165, 1.54) is 10.5 Å². The number of nitrogens with zero attached hydrogens (tertiary/aromatic N) is 1. The summed E-state index contributed by atoms with van der Waals surface area (Å²) in [5, 5.41) is 23.4. The molecule has 0 bridgehead atoms. The molecule has 1 saturated carbocycles. The fourth-order valence-electron chi connectivity index (χ4n) is 3.93. The molecule has 4 atom stereocenters. The van der Waals surface area contributed by atoms with E-state index < -0.39 is 12.2 Å². The van der Waals surface area contributed by atoms with E-state index in [1.54, 1.807) is 0 Å². The van der Waals surface area contributed by atoms with Crippen LogP contribution in [0, 0.1) is 0 Å². The zero-order chi connectivity index (χ0) is 15.5. The summed E-state index contributed by atoms with van der Waals surface area (Å²) in [4.78, 5) is 13.3. The molecule has 0 radical (unpaired) electrons. The van der Waals surface area contributed by atoms with Crippen molar-refractivity contribution in [2.45, 2.75) is 49.8 Å². The second-order valence-electron chi connectivity index (χ2n) is 6.40. The van der Waals surface area contributed by atoms with E-state index in [-0.39, 0.29) is 18.0 Å². The Kier molecular flexibility index (Phi) is 4.64. The van der Waals surface area contributed by atoms with E-state index in [2.05, 4.69) is 17.4 Å². The first-order chi connectivity index (χ1) is 10.7. The second kappa shape index (κ2) is 6.67. The van der Waals surface area contributed by atoms with Crippen LogP contribution >= 0.6 is 0 Å². The molecule has 1 aliphatic carbocycles. The maximum absolute atomic E-state index is 11.8. The van der Waals surface area contributed by atoms with Gasteiger partial charge < -0.3 is 15.5 Å². The number of aliphatic hydroxyl groups excluding tert-OH is 1. The molecule has 1 aliphatic heterocycles. The van der Waals surface area contributed by atoms with Gasteiger partial charge in [0, 0.05) is 12.6 Å². The molecule has 22 heavy (non-hydrogen) atoms. The fraction of sp³-hybridized carbons (Fsp3) is 0.588. The monoisotopic (exact) mass is 304 g/mol. The number of piperidine rings is 1. The minimum atomic E-state index is -0.911. The number of amides is 1. The van der Waals surface area contributed by atoms with Crippen molar-refractivity contribution in [1.29, 1.82) is 0 Å². The highest BCUT2D eigenvalue weighted by Gasteiger charge is 2.42. The van der Waals surface area contributed by atoms with Gasteiger partial charge in [0.25, 0.3) is 0 Å². The molecule has 120 valence electrons. The zero-order valence-electron chi connectivity index (χ0n) is 12.7. The Morgan fingerprint density at radius 1 is 1.23 bits per heavy atom. The van der Waals surface area contributed by atoms with Crippen LogP contribution in [0.1, 0.15) is 37.2 Å². The average molecular weight is 304 g/mol. The maximum atomic E-state index is 11.8. The van der Waals surface area contributed by atoms with Crippen LogP contribution in [0.5, 0.6) is 0 Å². The predicted octanol–water partition coefficient (Wildman–Crippen LogP) is 2.03. The van der Waals surface area contributed by atoms with Gasteiger partial charge in [-0.2, -0.15) is 0 Å². The summed E-state index contributed by atoms with van der Waals surface area (Å²) >= 11 is 0. The molecule has 3 rings (SSSR count). The van der Waals surface area contributed by atoms with E-state index in [1.807, 2.05) is 18.2 Å². The largest absolute Gasteiger partial charge is 0.465 e. The van der Waals surface area contributed by atoms with Crippen LogP contribution in [-0.4, -0.2) is 52.5 Å². The smallest absolute Gasteiger partial charge is 0.407 e. The van der Waals surface area contributed by atoms with Gasteiger partial charge in [0.05, 0.1) is 12.1 Å². The highest BCUT2D eigenvalue weighted by Crippen LogP contribution is 2.38. The quantitative estimate of drug-likeness (QED) is 0.799. The Balaban J connectivity index is 1.75. The standard InChI is InChI=1S/C17H24N2O3/c20-16-10-13(12-5-2-1-3-6-12)9-15(16)19(17(21)22)14-7-4-8-18-11-14/h1-3,5-6,13-16,18,20H,4,7-11H2,(H,21,22)/t13-,14-,15-,16-/m1/s1. The van der Waals surface area contributed by atoms with E-state index in [4.69, 9.17) is 0 Å². The normalized spacial score (nSPS) is 31.9. The van der Waals surface area contributed by atoms with Crippen molar-refractivity contribution >= 4 is 6.09 Å². The molecule has 1 aromatic rings. The molecule has 1 saturated heterocycles. The molecule has 1 amide bonds. The van der Waals surface area contributed by atoms with Gasteiger partial charge in [0.2, 0.25) is 0 Å². The van der Waals surface area contributed by atoms with Crippen molar-refractivity contribution in [2.75, 3.05) is 13.1 Å². The minimum Gasteiger partial charge on any atom is -0.465 e. The first-order valence-corrected chi connectivity index (χ1v) is 8.12. The van der Waals surface area contributed by atoms with Crippen molar-refractivity contribution in [2.24, 2.45) is 0 Å². The summed E-state index contributed by atoms with van der Waals surface area (Å²) in [7, 11) is 0. The number of hydrogen-bond donors (Lipinski definition) is 3. The summed E-state index contributed by atoms with van der Waals surface area (Å²) in [5.41, 5.74) is 1.19. The molecule has 0 aromatic heterocycles. The van der Waals surface area contributed by atoms with E-state index in [9.17, 15) is 15.0 Å². The lowest BCUT2D eigenvalue weighted by atomic mass is 9.97. The van der Waals surface area contributed by atoms with E-state index in [0.717, 1.165) is 19.4 Å². The van der Waals surface area contributed by atoms with Gasteiger partial charge in [-0.3, -0.25) is 4.90 Å². The molecule has 0 unspecified atom stereocenters. The first kappa shape index (κ1) is 15.3. The summed E-state index contributed by atoms with van der Waals surface area (Å²) in [6.07, 6.45) is 1.71. The number of carboxylic acid groups (broad SMARTS) is 1. The molecule has 1 heterocycles. The minimum absolute atomic E-state index is 0.0274.